The van der Waals surface area contributed by atoms with Gasteiger partial charge in [-0.2, -0.15) is 0 Å². The second-order valence-corrected chi connectivity index (χ2v) is 6.94. The molecule has 4 heteroatoms. The highest BCUT2D eigenvalue weighted by Crippen LogP contribution is 2.31. The fourth-order valence-corrected chi connectivity index (χ4v) is 2.37. The molecular formula is C18H26O4. The van der Waals surface area contributed by atoms with Crippen molar-refractivity contribution in [1.29, 1.82) is 0 Å². The van der Waals surface area contributed by atoms with Crippen LogP contribution in [0.4, 0.5) is 0 Å². The molecule has 0 aliphatic rings. The van der Waals surface area contributed by atoms with Crippen molar-refractivity contribution in [1.82, 2.24) is 0 Å². The summed E-state index contributed by atoms with van der Waals surface area (Å²) in [6, 6.07) is 4.27. The maximum Gasteiger partial charge on any atom is 0.331 e. The Bertz CT molecular complexity index is 553. The lowest BCUT2D eigenvalue weighted by Gasteiger charge is -2.18. The van der Waals surface area contributed by atoms with E-state index in [1.165, 1.54) is 18.2 Å². The third-order valence-corrected chi connectivity index (χ3v) is 3.60. The first kappa shape index (κ1) is 18.1. The molecule has 0 saturated heterocycles. The van der Waals surface area contributed by atoms with E-state index < -0.39 is 5.97 Å². The predicted octanol–water partition coefficient (Wildman–Crippen LogP) is 4.43. The molecule has 3 N–H and O–H groups in total. The number of aliphatic carboxylic acids is 1. The zero-order valence-corrected chi connectivity index (χ0v) is 13.8. The van der Waals surface area contributed by atoms with E-state index in [9.17, 15) is 20.1 Å². The number of aromatic hydroxyl groups is 2. The molecule has 0 fully saturated rings. The Hall–Kier alpha value is -1.97. The summed E-state index contributed by atoms with van der Waals surface area (Å²) in [5, 5.41) is 28.7. The molecule has 0 saturated carbocycles. The Morgan fingerprint density at radius 2 is 1.91 bits per heavy atom. The first-order chi connectivity index (χ1) is 10.1. The number of allylic oxidation sites excluding steroid dienone is 1. The molecule has 0 bridgehead atoms. The van der Waals surface area contributed by atoms with Crippen LogP contribution < -0.4 is 0 Å². The lowest BCUT2D eigenvalue weighted by Crippen LogP contribution is -2.07. The molecule has 1 atom stereocenters. The van der Waals surface area contributed by atoms with E-state index >= 15 is 0 Å². The number of hydrogen-bond acceptors (Lipinski definition) is 3. The number of rotatable bonds is 6. The van der Waals surface area contributed by atoms with Gasteiger partial charge in [-0.25, -0.2) is 4.79 Å². The molecule has 0 amide bonds. The van der Waals surface area contributed by atoms with Crippen molar-refractivity contribution in [2.24, 2.45) is 5.41 Å². The van der Waals surface area contributed by atoms with Crippen LogP contribution >= 0.6 is 0 Å². The van der Waals surface area contributed by atoms with Crippen molar-refractivity contribution in [3.8, 4) is 11.5 Å². The number of carbonyl (C=O) groups is 1. The van der Waals surface area contributed by atoms with Gasteiger partial charge in [0.2, 0.25) is 0 Å². The fourth-order valence-electron chi connectivity index (χ4n) is 2.37. The zero-order valence-electron chi connectivity index (χ0n) is 13.8. The summed E-state index contributed by atoms with van der Waals surface area (Å²) in [6.07, 6.45) is 3.90. The molecule has 22 heavy (non-hydrogen) atoms. The third-order valence-electron chi connectivity index (χ3n) is 3.60. The highest BCUT2D eigenvalue weighted by molar-refractivity contribution is 5.86. The molecule has 0 aromatic heterocycles. The summed E-state index contributed by atoms with van der Waals surface area (Å²) >= 11 is 0. The van der Waals surface area contributed by atoms with Crippen molar-refractivity contribution in [2.45, 2.75) is 52.9 Å². The monoisotopic (exact) mass is 306 g/mol. The number of carboxylic acids is 1. The van der Waals surface area contributed by atoms with E-state index in [1.54, 1.807) is 13.0 Å². The molecule has 1 rings (SSSR count). The second kappa shape index (κ2) is 7.34. The van der Waals surface area contributed by atoms with Gasteiger partial charge in [0, 0.05) is 17.1 Å². The minimum Gasteiger partial charge on any atom is -0.508 e. The van der Waals surface area contributed by atoms with E-state index in [2.05, 4.69) is 20.8 Å². The summed E-state index contributed by atoms with van der Waals surface area (Å²) in [4.78, 5) is 11.4. The topological polar surface area (TPSA) is 77.8 Å². The zero-order chi connectivity index (χ0) is 16.9. The molecule has 122 valence electrons. The fraction of sp³-hybridized carbons (Fsp3) is 0.500. The van der Waals surface area contributed by atoms with Gasteiger partial charge in [0.1, 0.15) is 11.5 Å². The summed E-state index contributed by atoms with van der Waals surface area (Å²) in [5.74, 6) is -1.10. The van der Waals surface area contributed by atoms with Crippen LogP contribution in [0.2, 0.25) is 0 Å². The van der Waals surface area contributed by atoms with E-state index in [-0.39, 0.29) is 22.8 Å². The third kappa shape index (κ3) is 5.80. The second-order valence-electron chi connectivity index (χ2n) is 6.94. The van der Waals surface area contributed by atoms with Crippen molar-refractivity contribution < 1.29 is 20.1 Å². The quantitative estimate of drug-likeness (QED) is 0.536. The van der Waals surface area contributed by atoms with Crippen LogP contribution in [0, 0.1) is 5.41 Å². The van der Waals surface area contributed by atoms with Crippen LogP contribution in [0.1, 0.15) is 58.4 Å². The summed E-state index contributed by atoms with van der Waals surface area (Å²) < 4.78 is 0. The van der Waals surface area contributed by atoms with Crippen LogP contribution in [-0.4, -0.2) is 21.3 Å². The Kier molecular flexibility index (Phi) is 6.03. The normalized spacial score (nSPS) is 13.9. The molecule has 0 unspecified atom stereocenters. The lowest BCUT2D eigenvalue weighted by atomic mass is 9.88. The Labute approximate surface area is 132 Å². The van der Waals surface area contributed by atoms with Crippen LogP contribution in [-0.2, 0) is 4.79 Å². The SMILES string of the molecule is C[C@H](/C=C(/CCCC(C)(C)C)C(=O)O)c1cc(O)ccc1O. The van der Waals surface area contributed by atoms with Gasteiger partial charge in [-0.15, -0.1) is 0 Å². The Morgan fingerprint density at radius 1 is 1.27 bits per heavy atom. The first-order valence-electron chi connectivity index (χ1n) is 7.56. The van der Waals surface area contributed by atoms with Gasteiger partial charge < -0.3 is 15.3 Å². The number of benzene rings is 1. The van der Waals surface area contributed by atoms with Crippen LogP contribution in [0.25, 0.3) is 0 Å². The van der Waals surface area contributed by atoms with Crippen molar-refractivity contribution in [2.75, 3.05) is 0 Å². The van der Waals surface area contributed by atoms with E-state index in [4.69, 9.17) is 0 Å². The standard InChI is InChI=1S/C18H26O4/c1-12(15-11-14(19)7-8-16(15)20)10-13(17(21)22)6-5-9-18(2,3)4/h7-8,10-12,19-20H,5-6,9H2,1-4H3,(H,21,22)/b13-10-/t12-/m1/s1. The van der Waals surface area contributed by atoms with E-state index in [1.807, 2.05) is 0 Å². The Balaban J connectivity index is 2.88. The van der Waals surface area contributed by atoms with Gasteiger partial charge >= 0.3 is 5.97 Å². The summed E-state index contributed by atoms with van der Waals surface area (Å²) in [7, 11) is 0. The maximum atomic E-state index is 11.4. The number of phenols is 2. The average molecular weight is 306 g/mol. The van der Waals surface area contributed by atoms with E-state index in [0.717, 1.165) is 12.8 Å². The van der Waals surface area contributed by atoms with Gasteiger partial charge in [-0.3, -0.25) is 0 Å². The molecular weight excluding hydrogens is 280 g/mol. The van der Waals surface area contributed by atoms with E-state index in [0.29, 0.717) is 17.6 Å². The molecule has 1 aromatic rings. The molecule has 0 heterocycles. The lowest BCUT2D eigenvalue weighted by molar-refractivity contribution is -0.132. The van der Waals surface area contributed by atoms with Gasteiger partial charge in [-0.1, -0.05) is 33.8 Å². The van der Waals surface area contributed by atoms with Gasteiger partial charge in [0.15, 0.2) is 0 Å². The minimum absolute atomic E-state index is 0.0534. The van der Waals surface area contributed by atoms with Crippen LogP contribution in [0.5, 0.6) is 11.5 Å². The molecule has 0 spiro atoms. The van der Waals surface area contributed by atoms with Crippen LogP contribution in [0.15, 0.2) is 29.8 Å². The van der Waals surface area contributed by atoms with Crippen molar-refractivity contribution in [3.63, 3.8) is 0 Å². The highest BCUT2D eigenvalue weighted by Gasteiger charge is 2.16. The number of phenolic OH excluding ortho intramolecular Hbond substituents is 2. The van der Waals surface area contributed by atoms with Gasteiger partial charge in [-0.05, 0) is 42.9 Å². The first-order valence-corrected chi connectivity index (χ1v) is 7.56. The Morgan fingerprint density at radius 3 is 2.45 bits per heavy atom. The van der Waals surface area contributed by atoms with Crippen LogP contribution in [0.3, 0.4) is 0 Å². The average Bonchev–Trinajstić information content (AvgIpc) is 2.38. The summed E-state index contributed by atoms with van der Waals surface area (Å²) in [5.41, 5.74) is 1.05. The highest BCUT2D eigenvalue weighted by atomic mass is 16.4. The predicted molar refractivity (Wildman–Crippen MR) is 87.2 cm³/mol. The number of carboxylic acid groups (broad SMARTS) is 1. The van der Waals surface area contributed by atoms with Crippen molar-refractivity contribution in [3.05, 3.63) is 35.4 Å². The maximum absolute atomic E-state index is 11.4. The largest absolute Gasteiger partial charge is 0.508 e. The van der Waals surface area contributed by atoms with Gasteiger partial charge in [0.25, 0.3) is 0 Å². The molecule has 0 radical (unpaired) electrons. The molecule has 4 nitrogen and oxygen atoms in total. The van der Waals surface area contributed by atoms with Gasteiger partial charge in [0.05, 0.1) is 0 Å². The summed E-state index contributed by atoms with van der Waals surface area (Å²) in [6.45, 7) is 8.20. The van der Waals surface area contributed by atoms with Crippen molar-refractivity contribution >= 4 is 5.97 Å². The smallest absolute Gasteiger partial charge is 0.331 e. The number of hydrogen-bond donors (Lipinski definition) is 3. The molecule has 0 aliphatic carbocycles. The minimum atomic E-state index is -0.930. The molecule has 0 aliphatic heterocycles. The molecule has 1 aromatic carbocycles.